The van der Waals surface area contributed by atoms with Gasteiger partial charge in [0.2, 0.25) is 0 Å². The molecule has 7 aromatic rings. The fraction of sp³-hybridized carbons (Fsp3) is 0. The minimum absolute atomic E-state index is 0. The number of rotatable bonds is 10. The van der Waals surface area contributed by atoms with Gasteiger partial charge >= 0.3 is 123 Å². The number of hydrogen-bond donors (Lipinski definition) is 2. The summed E-state index contributed by atoms with van der Waals surface area (Å²) in [6.45, 7) is 0. The molecule has 7 rings (SSSR count). The molecule has 0 atom stereocenters. The van der Waals surface area contributed by atoms with Crippen molar-refractivity contribution in [3.8, 4) is 39.9 Å². The van der Waals surface area contributed by atoms with E-state index in [-0.39, 0.29) is 150 Å². The maximum Gasteiger partial charge on any atom is 2.00 e. The maximum atomic E-state index is 13.4. The molecule has 0 aliphatic rings. The topological polar surface area (TPSA) is 363 Å². The molecule has 20 nitrogen and oxygen atoms in total. The summed E-state index contributed by atoms with van der Waals surface area (Å²) < 4.78 is 107. The van der Waals surface area contributed by atoms with Crippen molar-refractivity contribution < 1.29 is 192 Å². The van der Waals surface area contributed by atoms with Crippen LogP contribution in [0.15, 0.2) is 144 Å². The number of nitrogens with one attached hydrogen (secondary N) is 1. The zero-order valence-electron chi connectivity index (χ0n) is 34.2. The number of hydrogen-bond acceptors (Lipinski definition) is 19. The summed E-state index contributed by atoms with van der Waals surface area (Å²) in [7, 11) is -16.1. The number of carbonyl (C=O) groups is 1. The van der Waals surface area contributed by atoms with Crippen molar-refractivity contribution >= 4 is 86.2 Å². The molecule has 0 aliphatic carbocycles. The number of fused-ring (bicyclic) bond motifs is 2. The van der Waals surface area contributed by atoms with Crippen LogP contribution in [-0.2, 0) is 64.5 Å². The van der Waals surface area contributed by atoms with Gasteiger partial charge in [0.1, 0.15) is 36.1 Å². The average molecular weight is 1090 g/mol. The molecular formula is C39H20Cu2N5Na3O15S3. The first-order chi connectivity index (χ1) is 29.1. The smallest absolute Gasteiger partial charge is 0.871 e. The van der Waals surface area contributed by atoms with Gasteiger partial charge in [-0.15, -0.1) is 10.2 Å². The molecule has 7 aromatic carbocycles. The van der Waals surface area contributed by atoms with Crippen LogP contribution >= 0.6 is 0 Å². The predicted molar refractivity (Wildman–Crippen MR) is 206 cm³/mol. The number of phenols is 1. The Morgan fingerprint density at radius 1 is 0.537 bits per heavy atom. The van der Waals surface area contributed by atoms with Crippen LogP contribution in [-0.4, -0.2) is 49.9 Å². The summed E-state index contributed by atoms with van der Waals surface area (Å²) in [5.74, 6) is -5.71. The van der Waals surface area contributed by atoms with Crippen LogP contribution in [0.1, 0.15) is 10.4 Å². The number of amides is 1. The molecule has 67 heavy (non-hydrogen) atoms. The maximum absolute atomic E-state index is 13.4. The molecule has 0 bridgehead atoms. The van der Waals surface area contributed by atoms with Crippen molar-refractivity contribution in [3.63, 3.8) is 0 Å². The third kappa shape index (κ3) is 13.2. The Kier molecular flexibility index (Phi) is 20.8. The van der Waals surface area contributed by atoms with Gasteiger partial charge in [0.15, 0.2) is 0 Å². The fourth-order valence-corrected chi connectivity index (χ4v) is 7.92. The summed E-state index contributed by atoms with van der Waals surface area (Å²) in [6, 6.07) is 21.1. The molecule has 2 radical (unpaired) electrons. The standard InChI is InChI=1S/C39H27N5O15S3.2Cu.3Na/c45-29-14-20(21-7-11-28(30(46)15-21)42-44-36-33(62(57,58)59)17-23-13-25(60(51,52)53)18-31(47)34(23)38(36)49)6-10-27(29)41-43-35-32(61(54,55)56)16-22-12-24(8-9-26(22)37(35)48)40-39(50)19-4-2-1-3-5-19;;;;;/h1-18,45-49H,(H,40,50)(H,51,52,53)(H,54,55,56)(H,57,58,59);;;;;/q;2*+2;3*+1/p-7. The minimum Gasteiger partial charge on any atom is -0.871 e. The van der Waals surface area contributed by atoms with Crippen molar-refractivity contribution in [2.75, 3.05) is 5.32 Å². The van der Waals surface area contributed by atoms with Gasteiger partial charge in [-0.05, 0) is 87.9 Å². The van der Waals surface area contributed by atoms with Crippen LogP contribution < -0.4 is 114 Å². The Hall–Kier alpha value is -3.50. The van der Waals surface area contributed by atoms with E-state index in [0.717, 1.165) is 30.3 Å². The Balaban J connectivity index is 0.00000308. The largest absolute Gasteiger partial charge is 2.00 e. The predicted octanol–water partition coefficient (Wildman–Crippen LogP) is -4.54. The first-order valence-electron chi connectivity index (χ1n) is 17.1. The van der Waals surface area contributed by atoms with Crippen molar-refractivity contribution in [2.24, 2.45) is 20.5 Å². The zero-order chi connectivity index (χ0) is 44.9. The summed E-state index contributed by atoms with van der Waals surface area (Å²) in [4.78, 5) is 9.23. The first-order valence-corrected chi connectivity index (χ1v) is 21.3. The summed E-state index contributed by atoms with van der Waals surface area (Å²) in [6.07, 6.45) is 0. The number of carbonyl (C=O) groups excluding carboxylic acids is 1. The van der Waals surface area contributed by atoms with Gasteiger partial charge in [-0.2, -0.15) is 10.2 Å². The quantitative estimate of drug-likeness (QED) is 0.0740. The Morgan fingerprint density at radius 3 is 1.51 bits per heavy atom. The molecule has 0 unspecified atom stereocenters. The number of anilines is 1. The SMILES string of the molecule is O=C(Nc1ccc2c([O-])c(N=Nc3ccc(-c4ccc(N=Nc5c(S(=O)(=O)[O-])cc6cc(S(=O)(=O)[O-])cc(O)c6c5[O-])c([O-])c4)cc3[O-])c(S(=O)(=O)[O-])cc2c1)c1ccccc1.[Cu+2].[Cu+2].[Na+].[Na+].[Na+]. The van der Waals surface area contributed by atoms with E-state index in [1.807, 2.05) is 0 Å². The van der Waals surface area contributed by atoms with Gasteiger partial charge in [0.05, 0.1) is 37.4 Å². The summed E-state index contributed by atoms with van der Waals surface area (Å²) in [5.41, 5.74) is -2.22. The van der Waals surface area contributed by atoms with Gasteiger partial charge in [-0.3, -0.25) is 4.79 Å². The van der Waals surface area contributed by atoms with Crippen molar-refractivity contribution in [1.29, 1.82) is 0 Å². The number of phenolic OH excluding ortho intramolecular Hbond substituents is 1. The Morgan fingerprint density at radius 2 is 1.03 bits per heavy atom. The Labute approximate surface area is 467 Å². The van der Waals surface area contributed by atoms with Crippen LogP contribution in [0.3, 0.4) is 0 Å². The molecule has 0 aliphatic heterocycles. The second-order valence-corrected chi connectivity index (χ2v) is 17.1. The number of benzene rings is 7. The van der Waals surface area contributed by atoms with Crippen LogP contribution in [0, 0.1) is 0 Å². The van der Waals surface area contributed by atoms with E-state index in [9.17, 15) is 69.2 Å². The van der Waals surface area contributed by atoms with E-state index in [0.29, 0.717) is 23.8 Å². The van der Waals surface area contributed by atoms with E-state index in [1.54, 1.807) is 30.3 Å². The van der Waals surface area contributed by atoms with Gasteiger partial charge in [0.25, 0.3) is 5.91 Å². The van der Waals surface area contributed by atoms with E-state index >= 15 is 0 Å². The average Bonchev–Trinajstić information content (AvgIpc) is 3.19. The molecule has 0 heterocycles. The zero-order valence-corrected chi connectivity index (χ0v) is 44.5. The molecule has 0 fully saturated rings. The first kappa shape index (κ1) is 59.6. The van der Waals surface area contributed by atoms with E-state index < -0.39 is 113 Å². The van der Waals surface area contributed by atoms with Crippen molar-refractivity contribution in [1.82, 2.24) is 0 Å². The third-order valence-corrected chi connectivity index (χ3v) is 11.5. The van der Waals surface area contributed by atoms with Crippen LogP contribution in [0.2, 0.25) is 0 Å². The molecule has 28 heteroatoms. The van der Waals surface area contributed by atoms with E-state index in [4.69, 9.17) is 0 Å². The van der Waals surface area contributed by atoms with Gasteiger partial charge in [0, 0.05) is 16.6 Å². The minimum atomic E-state index is -5.53. The fourth-order valence-electron chi connectivity index (χ4n) is 6.11. The van der Waals surface area contributed by atoms with Crippen LogP contribution in [0.25, 0.3) is 32.7 Å². The van der Waals surface area contributed by atoms with Crippen LogP contribution in [0.5, 0.6) is 28.7 Å². The molecule has 1 amide bonds. The normalized spacial score (nSPS) is 11.5. The molecular weight excluding hydrogens is 1070 g/mol. The van der Waals surface area contributed by atoms with Crippen molar-refractivity contribution in [3.05, 3.63) is 115 Å². The molecule has 0 saturated heterocycles. The molecule has 334 valence electrons. The molecule has 2 N–H and O–H groups in total. The number of azo groups is 2. The Bertz CT molecular complexity index is 3470. The van der Waals surface area contributed by atoms with Gasteiger partial charge in [-0.1, -0.05) is 71.5 Å². The van der Waals surface area contributed by atoms with Gasteiger partial charge < -0.3 is 44.5 Å². The second kappa shape index (κ2) is 23.4. The summed E-state index contributed by atoms with van der Waals surface area (Å²) in [5, 5.41) is 78.6. The molecule has 0 spiro atoms. The number of nitrogens with zero attached hydrogens (tertiary/aromatic N) is 4. The monoisotopic (exact) mass is 1090 g/mol. The molecule has 0 aromatic heterocycles. The second-order valence-electron chi connectivity index (χ2n) is 13.0. The van der Waals surface area contributed by atoms with Crippen molar-refractivity contribution in [2.45, 2.75) is 14.7 Å². The number of aromatic hydroxyl groups is 1. The molecule has 0 saturated carbocycles. The van der Waals surface area contributed by atoms with E-state index in [1.165, 1.54) is 30.3 Å². The van der Waals surface area contributed by atoms with Gasteiger partial charge in [-0.25, -0.2) is 25.3 Å². The summed E-state index contributed by atoms with van der Waals surface area (Å²) >= 11 is 0. The third-order valence-electron chi connectivity index (χ3n) is 9.00. The van der Waals surface area contributed by atoms with E-state index in [2.05, 4.69) is 25.8 Å². The van der Waals surface area contributed by atoms with Crippen LogP contribution in [0.4, 0.5) is 28.4 Å².